The van der Waals surface area contributed by atoms with Gasteiger partial charge in [-0.05, 0) is 25.5 Å². The van der Waals surface area contributed by atoms with Crippen LogP contribution >= 0.6 is 11.3 Å². The summed E-state index contributed by atoms with van der Waals surface area (Å²) in [4.78, 5) is 2.19. The van der Waals surface area contributed by atoms with Crippen LogP contribution in [0.2, 0.25) is 0 Å². The molecule has 0 fully saturated rings. The summed E-state index contributed by atoms with van der Waals surface area (Å²) >= 11 is 1.61. The van der Waals surface area contributed by atoms with Gasteiger partial charge in [-0.2, -0.15) is 0 Å². The quantitative estimate of drug-likeness (QED) is 0.754. The van der Waals surface area contributed by atoms with Crippen LogP contribution < -0.4 is 5.73 Å². The van der Waals surface area contributed by atoms with Gasteiger partial charge in [-0.25, -0.2) is 0 Å². The fourth-order valence-electron chi connectivity index (χ4n) is 1.05. The molecule has 0 saturated carbocycles. The lowest BCUT2D eigenvalue weighted by Crippen LogP contribution is -2.26. The lowest BCUT2D eigenvalue weighted by Gasteiger charge is -2.14. The third-order valence-corrected chi connectivity index (χ3v) is 3.00. The summed E-state index contributed by atoms with van der Waals surface area (Å²) in [5, 5.41) is 9.69. The van der Waals surface area contributed by atoms with E-state index < -0.39 is 6.10 Å². The van der Waals surface area contributed by atoms with Crippen LogP contribution in [0.3, 0.4) is 0 Å². The van der Waals surface area contributed by atoms with Crippen LogP contribution in [0.15, 0.2) is 12.1 Å². The molecule has 12 heavy (non-hydrogen) atoms. The molecule has 0 aromatic carbocycles. The molecule has 1 aromatic heterocycles. The SMILES string of the molecule is CC[C@@H](N)C(O)c1ccc(C)s1. The summed E-state index contributed by atoms with van der Waals surface area (Å²) in [7, 11) is 0. The van der Waals surface area contributed by atoms with Gasteiger partial charge in [0.05, 0.1) is 0 Å². The first-order chi connectivity index (χ1) is 5.65. The zero-order valence-electron chi connectivity index (χ0n) is 7.45. The van der Waals surface area contributed by atoms with Crippen molar-refractivity contribution in [1.29, 1.82) is 0 Å². The van der Waals surface area contributed by atoms with Gasteiger partial charge in [0.25, 0.3) is 0 Å². The highest BCUT2D eigenvalue weighted by Crippen LogP contribution is 2.25. The summed E-state index contributed by atoms with van der Waals surface area (Å²) in [6.45, 7) is 4.01. The third-order valence-electron chi connectivity index (χ3n) is 1.93. The number of aliphatic hydroxyl groups is 1. The van der Waals surface area contributed by atoms with Crippen LogP contribution in [0.25, 0.3) is 0 Å². The van der Waals surface area contributed by atoms with E-state index in [0.717, 1.165) is 11.3 Å². The molecule has 0 spiro atoms. The van der Waals surface area contributed by atoms with Crippen LogP contribution in [-0.2, 0) is 0 Å². The van der Waals surface area contributed by atoms with Gasteiger partial charge in [0.2, 0.25) is 0 Å². The molecule has 1 rings (SSSR count). The predicted octanol–water partition coefficient (Wildman–Crippen LogP) is 1.83. The van der Waals surface area contributed by atoms with Crippen molar-refractivity contribution in [3.8, 4) is 0 Å². The molecule has 1 unspecified atom stereocenters. The van der Waals surface area contributed by atoms with E-state index in [0.29, 0.717) is 0 Å². The minimum atomic E-state index is -0.492. The average molecular weight is 185 g/mol. The number of rotatable bonds is 3. The number of thiophene rings is 1. The zero-order valence-corrected chi connectivity index (χ0v) is 8.27. The predicted molar refractivity (Wildman–Crippen MR) is 52.3 cm³/mol. The number of hydrogen-bond donors (Lipinski definition) is 2. The summed E-state index contributed by atoms with van der Waals surface area (Å²) in [5.74, 6) is 0. The molecule has 0 aliphatic carbocycles. The van der Waals surface area contributed by atoms with Crippen molar-refractivity contribution in [2.24, 2.45) is 5.73 Å². The van der Waals surface area contributed by atoms with E-state index in [4.69, 9.17) is 5.73 Å². The Balaban J connectivity index is 2.70. The Morgan fingerprint density at radius 3 is 2.67 bits per heavy atom. The third kappa shape index (κ3) is 2.06. The molecule has 1 heterocycles. The molecular formula is C9H15NOS. The second kappa shape index (κ2) is 4.03. The van der Waals surface area contributed by atoms with Crippen molar-refractivity contribution < 1.29 is 5.11 Å². The second-order valence-electron chi connectivity index (χ2n) is 2.97. The van der Waals surface area contributed by atoms with E-state index in [9.17, 15) is 5.11 Å². The smallest absolute Gasteiger partial charge is 0.103 e. The highest BCUT2D eigenvalue weighted by Gasteiger charge is 2.15. The van der Waals surface area contributed by atoms with Crippen LogP contribution in [-0.4, -0.2) is 11.1 Å². The maximum atomic E-state index is 9.69. The van der Waals surface area contributed by atoms with Crippen molar-refractivity contribution in [2.45, 2.75) is 32.4 Å². The monoisotopic (exact) mass is 185 g/mol. The Morgan fingerprint density at radius 1 is 1.58 bits per heavy atom. The Labute approximate surface area is 77.0 Å². The maximum absolute atomic E-state index is 9.69. The van der Waals surface area contributed by atoms with E-state index in [1.54, 1.807) is 11.3 Å². The van der Waals surface area contributed by atoms with E-state index in [1.165, 1.54) is 4.88 Å². The van der Waals surface area contributed by atoms with E-state index in [2.05, 4.69) is 0 Å². The first-order valence-electron chi connectivity index (χ1n) is 4.15. The molecule has 0 saturated heterocycles. The molecule has 0 amide bonds. The molecule has 2 nitrogen and oxygen atoms in total. The Hall–Kier alpha value is -0.380. The topological polar surface area (TPSA) is 46.2 Å². The largest absolute Gasteiger partial charge is 0.386 e. The summed E-state index contributed by atoms with van der Waals surface area (Å²) < 4.78 is 0. The van der Waals surface area contributed by atoms with Crippen molar-refractivity contribution in [3.05, 3.63) is 21.9 Å². The highest BCUT2D eigenvalue weighted by molar-refractivity contribution is 7.12. The van der Waals surface area contributed by atoms with E-state index in [-0.39, 0.29) is 6.04 Å². The normalized spacial score (nSPS) is 16.0. The lowest BCUT2D eigenvalue weighted by molar-refractivity contribution is 0.148. The van der Waals surface area contributed by atoms with Crippen LogP contribution in [0.5, 0.6) is 0 Å². The van der Waals surface area contributed by atoms with Gasteiger partial charge >= 0.3 is 0 Å². The van der Waals surface area contributed by atoms with Crippen molar-refractivity contribution in [3.63, 3.8) is 0 Å². The Bertz CT molecular complexity index is 246. The van der Waals surface area contributed by atoms with Gasteiger partial charge in [-0.3, -0.25) is 0 Å². The van der Waals surface area contributed by atoms with E-state index >= 15 is 0 Å². The first-order valence-corrected chi connectivity index (χ1v) is 4.96. The molecule has 0 radical (unpaired) electrons. The highest BCUT2D eigenvalue weighted by atomic mass is 32.1. The maximum Gasteiger partial charge on any atom is 0.103 e. The Morgan fingerprint density at radius 2 is 2.25 bits per heavy atom. The fourth-order valence-corrected chi connectivity index (χ4v) is 1.99. The van der Waals surface area contributed by atoms with Crippen molar-refractivity contribution in [1.82, 2.24) is 0 Å². The fraction of sp³-hybridized carbons (Fsp3) is 0.556. The second-order valence-corrected chi connectivity index (χ2v) is 4.28. The molecule has 3 heteroatoms. The first kappa shape index (κ1) is 9.71. The molecule has 0 aliphatic heterocycles. The number of hydrogen-bond acceptors (Lipinski definition) is 3. The van der Waals surface area contributed by atoms with Crippen molar-refractivity contribution >= 4 is 11.3 Å². The van der Waals surface area contributed by atoms with Crippen LogP contribution in [0, 0.1) is 6.92 Å². The van der Waals surface area contributed by atoms with Crippen LogP contribution in [0.1, 0.15) is 29.2 Å². The summed E-state index contributed by atoms with van der Waals surface area (Å²) in [5.41, 5.74) is 5.71. The average Bonchev–Trinajstić information content (AvgIpc) is 2.49. The van der Waals surface area contributed by atoms with Gasteiger partial charge < -0.3 is 10.8 Å². The van der Waals surface area contributed by atoms with Gasteiger partial charge in [0.1, 0.15) is 6.10 Å². The Kier molecular flexibility index (Phi) is 3.26. The molecule has 1 aromatic rings. The van der Waals surface area contributed by atoms with Crippen LogP contribution in [0.4, 0.5) is 0 Å². The number of aryl methyl sites for hydroxylation is 1. The minimum absolute atomic E-state index is 0.136. The van der Waals surface area contributed by atoms with Crippen molar-refractivity contribution in [2.75, 3.05) is 0 Å². The number of aliphatic hydroxyl groups excluding tert-OH is 1. The molecular weight excluding hydrogens is 170 g/mol. The molecule has 0 aliphatic rings. The molecule has 0 bridgehead atoms. The standard InChI is InChI=1S/C9H15NOS/c1-3-7(10)9(11)8-5-4-6(2)12-8/h4-5,7,9,11H,3,10H2,1-2H3/t7-,9?/m1/s1. The van der Waals surface area contributed by atoms with Gasteiger partial charge in [0, 0.05) is 15.8 Å². The van der Waals surface area contributed by atoms with E-state index in [1.807, 2.05) is 26.0 Å². The van der Waals surface area contributed by atoms with Gasteiger partial charge in [0.15, 0.2) is 0 Å². The molecule has 3 N–H and O–H groups in total. The number of nitrogens with two attached hydrogens (primary N) is 1. The van der Waals surface area contributed by atoms with Gasteiger partial charge in [-0.15, -0.1) is 11.3 Å². The lowest BCUT2D eigenvalue weighted by atomic mass is 10.1. The molecule has 68 valence electrons. The molecule has 2 atom stereocenters. The summed E-state index contributed by atoms with van der Waals surface area (Å²) in [6.07, 6.45) is 0.312. The summed E-state index contributed by atoms with van der Waals surface area (Å²) in [6, 6.07) is 3.81. The van der Waals surface area contributed by atoms with Gasteiger partial charge in [-0.1, -0.05) is 6.92 Å². The zero-order chi connectivity index (χ0) is 9.14. The minimum Gasteiger partial charge on any atom is -0.386 e.